The van der Waals surface area contributed by atoms with Gasteiger partial charge in [-0.25, -0.2) is 4.79 Å². The van der Waals surface area contributed by atoms with E-state index in [1.165, 1.54) is 4.90 Å². The minimum absolute atomic E-state index is 0.219. The lowest BCUT2D eigenvalue weighted by Crippen LogP contribution is -2.30. The SMILES string of the molecule is Cc1ccc(CN2C(=O)N/C(=C/c3cc(Br)ccc3OCc3ccc(I)cc3)C2=O)cc1. The normalized spacial score (nSPS) is 14.7. The van der Waals surface area contributed by atoms with Crippen molar-refractivity contribution in [1.29, 1.82) is 0 Å². The van der Waals surface area contributed by atoms with Gasteiger partial charge in [0.25, 0.3) is 5.91 Å². The van der Waals surface area contributed by atoms with Gasteiger partial charge < -0.3 is 10.1 Å². The van der Waals surface area contributed by atoms with Gasteiger partial charge in [-0.1, -0.05) is 57.9 Å². The summed E-state index contributed by atoms with van der Waals surface area (Å²) in [5.74, 6) is 0.261. The Kier molecular flexibility index (Phi) is 6.95. The molecule has 162 valence electrons. The van der Waals surface area contributed by atoms with Crippen LogP contribution in [0, 0.1) is 10.5 Å². The van der Waals surface area contributed by atoms with Crippen LogP contribution in [-0.4, -0.2) is 16.8 Å². The van der Waals surface area contributed by atoms with E-state index in [-0.39, 0.29) is 18.1 Å². The summed E-state index contributed by atoms with van der Waals surface area (Å²) in [5, 5.41) is 2.69. The molecule has 3 amide bonds. The molecule has 1 aliphatic heterocycles. The maximum Gasteiger partial charge on any atom is 0.329 e. The molecular formula is C25H20BrIN2O3. The molecule has 7 heteroatoms. The van der Waals surface area contributed by atoms with Gasteiger partial charge in [-0.2, -0.15) is 0 Å². The van der Waals surface area contributed by atoms with E-state index < -0.39 is 6.03 Å². The summed E-state index contributed by atoms with van der Waals surface area (Å²) >= 11 is 5.73. The largest absolute Gasteiger partial charge is 0.488 e. The summed E-state index contributed by atoms with van der Waals surface area (Å²) in [6.07, 6.45) is 1.66. The fraction of sp³-hybridized carbons (Fsp3) is 0.120. The molecule has 0 saturated carbocycles. The first-order valence-electron chi connectivity index (χ1n) is 9.96. The Bertz CT molecular complexity index is 1190. The van der Waals surface area contributed by atoms with Gasteiger partial charge in [0.1, 0.15) is 18.1 Å². The average Bonchev–Trinajstić information content (AvgIpc) is 3.03. The second kappa shape index (κ2) is 9.87. The highest BCUT2D eigenvalue weighted by Gasteiger charge is 2.33. The van der Waals surface area contributed by atoms with E-state index in [0.29, 0.717) is 17.9 Å². The van der Waals surface area contributed by atoms with Crippen LogP contribution in [0.1, 0.15) is 22.3 Å². The van der Waals surface area contributed by atoms with Crippen LogP contribution < -0.4 is 10.1 Å². The molecule has 0 aliphatic carbocycles. The van der Waals surface area contributed by atoms with Crippen molar-refractivity contribution in [2.75, 3.05) is 0 Å². The van der Waals surface area contributed by atoms with Crippen molar-refractivity contribution in [1.82, 2.24) is 10.2 Å². The molecule has 3 aromatic rings. The minimum atomic E-state index is -0.432. The Morgan fingerprint density at radius 2 is 1.69 bits per heavy atom. The first-order chi connectivity index (χ1) is 15.4. The highest BCUT2D eigenvalue weighted by atomic mass is 127. The predicted octanol–water partition coefficient (Wildman–Crippen LogP) is 6.03. The molecule has 3 aromatic carbocycles. The number of benzene rings is 3. The van der Waals surface area contributed by atoms with Crippen molar-refractivity contribution < 1.29 is 14.3 Å². The van der Waals surface area contributed by atoms with Crippen molar-refractivity contribution in [3.8, 4) is 5.75 Å². The highest BCUT2D eigenvalue weighted by Crippen LogP contribution is 2.28. The van der Waals surface area contributed by atoms with Crippen LogP contribution >= 0.6 is 38.5 Å². The molecule has 1 saturated heterocycles. The maximum absolute atomic E-state index is 12.9. The number of halogens is 2. The van der Waals surface area contributed by atoms with E-state index in [4.69, 9.17) is 4.74 Å². The molecule has 0 spiro atoms. The number of rotatable bonds is 6. The number of nitrogens with zero attached hydrogens (tertiary/aromatic N) is 1. The number of hydrogen-bond acceptors (Lipinski definition) is 3. The fourth-order valence-electron chi connectivity index (χ4n) is 3.25. The second-order valence-corrected chi connectivity index (χ2v) is 9.62. The Hall–Kier alpha value is -2.65. The van der Waals surface area contributed by atoms with Crippen molar-refractivity contribution in [2.45, 2.75) is 20.1 Å². The summed E-state index contributed by atoms with van der Waals surface area (Å²) in [7, 11) is 0. The quantitative estimate of drug-likeness (QED) is 0.213. The Morgan fingerprint density at radius 1 is 1.00 bits per heavy atom. The van der Waals surface area contributed by atoms with E-state index in [2.05, 4.69) is 43.8 Å². The molecule has 32 heavy (non-hydrogen) atoms. The van der Waals surface area contributed by atoms with Crippen LogP contribution in [0.15, 0.2) is 76.9 Å². The molecule has 0 aromatic heterocycles. The van der Waals surface area contributed by atoms with Crippen LogP contribution in [0.5, 0.6) is 5.75 Å². The number of nitrogens with one attached hydrogen (secondary N) is 1. The molecule has 0 atom stereocenters. The fourth-order valence-corrected chi connectivity index (χ4v) is 3.99. The molecule has 0 unspecified atom stereocenters. The predicted molar refractivity (Wildman–Crippen MR) is 136 cm³/mol. The van der Waals surface area contributed by atoms with Crippen LogP contribution in [-0.2, 0) is 17.9 Å². The minimum Gasteiger partial charge on any atom is -0.488 e. The first kappa shape index (κ1) is 22.5. The zero-order valence-electron chi connectivity index (χ0n) is 17.3. The third-order valence-electron chi connectivity index (χ3n) is 5.00. The maximum atomic E-state index is 12.9. The summed E-state index contributed by atoms with van der Waals surface area (Å²) in [6, 6.07) is 21.0. The summed E-state index contributed by atoms with van der Waals surface area (Å²) in [4.78, 5) is 26.6. The van der Waals surface area contributed by atoms with Gasteiger partial charge in [0.2, 0.25) is 0 Å². The summed E-state index contributed by atoms with van der Waals surface area (Å²) in [5.41, 5.74) is 3.98. The average molecular weight is 603 g/mol. The second-order valence-electron chi connectivity index (χ2n) is 7.46. The number of aryl methyl sites for hydroxylation is 1. The van der Waals surface area contributed by atoms with Gasteiger partial charge in [-0.15, -0.1) is 0 Å². The van der Waals surface area contributed by atoms with Crippen LogP contribution in [0.2, 0.25) is 0 Å². The molecule has 5 nitrogen and oxygen atoms in total. The van der Waals surface area contributed by atoms with Crippen LogP contribution in [0.4, 0.5) is 4.79 Å². The molecule has 1 heterocycles. The zero-order chi connectivity index (χ0) is 22.7. The van der Waals surface area contributed by atoms with Crippen LogP contribution in [0.3, 0.4) is 0 Å². The number of ether oxygens (including phenoxy) is 1. The van der Waals surface area contributed by atoms with E-state index in [1.54, 1.807) is 6.08 Å². The number of carbonyl (C=O) groups is 2. The Morgan fingerprint density at radius 3 is 2.41 bits per heavy atom. The zero-order valence-corrected chi connectivity index (χ0v) is 21.0. The Labute approximate surface area is 208 Å². The Balaban J connectivity index is 1.54. The summed E-state index contributed by atoms with van der Waals surface area (Å²) in [6.45, 7) is 2.61. The van der Waals surface area contributed by atoms with Crippen molar-refractivity contribution in [3.63, 3.8) is 0 Å². The lowest BCUT2D eigenvalue weighted by atomic mass is 10.1. The summed E-state index contributed by atoms with van der Waals surface area (Å²) < 4.78 is 8.02. The highest BCUT2D eigenvalue weighted by molar-refractivity contribution is 14.1. The first-order valence-corrected chi connectivity index (χ1v) is 11.8. The van der Waals surface area contributed by atoms with Gasteiger partial charge >= 0.3 is 6.03 Å². The number of urea groups is 1. The van der Waals surface area contributed by atoms with E-state index >= 15 is 0 Å². The molecule has 1 fully saturated rings. The number of imide groups is 1. The van der Waals surface area contributed by atoms with Gasteiger partial charge in [-0.05, 0) is 77.0 Å². The van der Waals surface area contributed by atoms with E-state index in [1.807, 2.05) is 73.7 Å². The molecule has 1 aliphatic rings. The van der Waals surface area contributed by atoms with E-state index in [0.717, 1.165) is 24.7 Å². The van der Waals surface area contributed by atoms with E-state index in [9.17, 15) is 9.59 Å². The van der Waals surface area contributed by atoms with Crippen molar-refractivity contribution in [2.24, 2.45) is 0 Å². The molecule has 0 radical (unpaired) electrons. The number of carbonyl (C=O) groups excluding carboxylic acids is 2. The molecule has 0 bridgehead atoms. The van der Waals surface area contributed by atoms with Gasteiger partial charge in [0.15, 0.2) is 0 Å². The number of amides is 3. The van der Waals surface area contributed by atoms with Gasteiger partial charge in [0, 0.05) is 13.6 Å². The smallest absolute Gasteiger partial charge is 0.329 e. The monoisotopic (exact) mass is 602 g/mol. The lowest BCUT2D eigenvalue weighted by Gasteiger charge is -2.12. The standard InChI is InChI=1S/C25H20BrIN2O3/c1-16-2-4-17(5-3-16)14-29-24(30)22(28-25(29)31)13-19-12-20(26)8-11-23(19)32-15-18-6-9-21(27)10-7-18/h2-13H,14-15H2,1H3,(H,28,31)/b22-13+. The molecule has 1 N–H and O–H groups in total. The molecular weight excluding hydrogens is 583 g/mol. The van der Waals surface area contributed by atoms with Gasteiger partial charge in [-0.3, -0.25) is 9.69 Å². The molecule has 4 rings (SSSR count). The number of hydrogen-bond donors (Lipinski definition) is 1. The van der Waals surface area contributed by atoms with Crippen molar-refractivity contribution in [3.05, 3.63) is 103 Å². The third-order valence-corrected chi connectivity index (χ3v) is 6.22. The van der Waals surface area contributed by atoms with Crippen molar-refractivity contribution >= 4 is 56.5 Å². The van der Waals surface area contributed by atoms with Crippen LogP contribution in [0.25, 0.3) is 6.08 Å². The third kappa shape index (κ3) is 5.39. The topological polar surface area (TPSA) is 58.6 Å². The lowest BCUT2D eigenvalue weighted by molar-refractivity contribution is -0.123. The van der Waals surface area contributed by atoms with Gasteiger partial charge in [0.05, 0.1) is 6.54 Å².